The van der Waals surface area contributed by atoms with Gasteiger partial charge in [-0.15, -0.1) is 0 Å². The summed E-state index contributed by atoms with van der Waals surface area (Å²) in [6.45, 7) is 10.3. The second kappa shape index (κ2) is 8.96. The van der Waals surface area contributed by atoms with E-state index in [0.717, 1.165) is 61.1 Å². The number of carbonyl (C=O) groups excluding carboxylic acids is 1. The smallest absolute Gasteiger partial charge is 0.263 e. The van der Waals surface area contributed by atoms with Gasteiger partial charge in [-0.3, -0.25) is 9.69 Å². The molecule has 2 heterocycles. The van der Waals surface area contributed by atoms with Gasteiger partial charge in [0.05, 0.1) is 0 Å². The summed E-state index contributed by atoms with van der Waals surface area (Å²) in [5.74, 6) is 2.51. The maximum Gasteiger partial charge on any atom is 0.263 e. The van der Waals surface area contributed by atoms with Crippen molar-refractivity contribution in [1.82, 2.24) is 9.80 Å². The van der Waals surface area contributed by atoms with Gasteiger partial charge in [-0.25, -0.2) is 0 Å². The molecule has 0 unspecified atom stereocenters. The number of nitrogens with zero attached hydrogens (tertiary/aromatic N) is 2. The predicted octanol–water partition coefficient (Wildman–Crippen LogP) is 3.53. The minimum absolute atomic E-state index is 0.0844. The van der Waals surface area contributed by atoms with Crippen LogP contribution in [0.5, 0.6) is 17.2 Å². The van der Waals surface area contributed by atoms with Crippen LogP contribution < -0.4 is 14.2 Å². The Hall–Kier alpha value is -2.73. The first kappa shape index (κ1) is 20.5. The molecule has 0 saturated carbocycles. The molecular formula is C24H30N2O4. The van der Waals surface area contributed by atoms with Crippen molar-refractivity contribution in [2.24, 2.45) is 0 Å². The van der Waals surface area contributed by atoms with Crippen LogP contribution in [0.3, 0.4) is 0 Å². The van der Waals surface area contributed by atoms with E-state index in [1.54, 1.807) is 0 Å². The third-order valence-corrected chi connectivity index (χ3v) is 5.79. The highest BCUT2D eigenvalue weighted by Gasteiger charge is 2.28. The molecule has 1 atom stereocenters. The zero-order valence-electron chi connectivity index (χ0n) is 18.0. The van der Waals surface area contributed by atoms with Crippen LogP contribution in [0.1, 0.15) is 30.0 Å². The lowest BCUT2D eigenvalue weighted by atomic mass is 10.1. The van der Waals surface area contributed by atoms with E-state index >= 15 is 0 Å². The zero-order valence-corrected chi connectivity index (χ0v) is 18.0. The molecule has 160 valence electrons. The molecule has 0 bridgehead atoms. The Morgan fingerprint density at radius 1 is 1.03 bits per heavy atom. The lowest BCUT2D eigenvalue weighted by Crippen LogP contribution is -2.52. The largest absolute Gasteiger partial charge is 0.480 e. The van der Waals surface area contributed by atoms with Gasteiger partial charge < -0.3 is 19.1 Å². The summed E-state index contributed by atoms with van der Waals surface area (Å²) in [5, 5.41) is 0. The summed E-state index contributed by atoms with van der Waals surface area (Å²) in [6.07, 6.45) is 0.217. The van der Waals surface area contributed by atoms with Crippen molar-refractivity contribution in [2.75, 3.05) is 33.0 Å². The van der Waals surface area contributed by atoms with E-state index in [9.17, 15) is 4.79 Å². The Balaban J connectivity index is 1.32. The Labute approximate surface area is 178 Å². The fourth-order valence-electron chi connectivity index (χ4n) is 3.92. The van der Waals surface area contributed by atoms with Gasteiger partial charge in [0.1, 0.15) is 5.75 Å². The highest BCUT2D eigenvalue weighted by Crippen LogP contribution is 2.33. The van der Waals surface area contributed by atoms with Crippen molar-refractivity contribution in [3.63, 3.8) is 0 Å². The van der Waals surface area contributed by atoms with Crippen molar-refractivity contribution in [3.8, 4) is 17.2 Å². The number of piperazine rings is 1. The summed E-state index contributed by atoms with van der Waals surface area (Å²) >= 11 is 0. The van der Waals surface area contributed by atoms with Crippen LogP contribution in [-0.4, -0.2) is 54.8 Å². The zero-order chi connectivity index (χ0) is 21.1. The molecule has 0 N–H and O–H groups in total. The van der Waals surface area contributed by atoms with Gasteiger partial charge in [0, 0.05) is 32.7 Å². The second-order valence-corrected chi connectivity index (χ2v) is 8.07. The number of aryl methyl sites for hydroxylation is 2. The summed E-state index contributed by atoms with van der Waals surface area (Å²) in [7, 11) is 0. The van der Waals surface area contributed by atoms with Gasteiger partial charge in [-0.1, -0.05) is 25.1 Å². The predicted molar refractivity (Wildman–Crippen MR) is 115 cm³/mol. The van der Waals surface area contributed by atoms with E-state index < -0.39 is 6.10 Å². The second-order valence-electron chi connectivity index (χ2n) is 8.07. The maximum atomic E-state index is 13.1. The Kier molecular flexibility index (Phi) is 6.13. The van der Waals surface area contributed by atoms with E-state index in [4.69, 9.17) is 14.2 Å². The third-order valence-electron chi connectivity index (χ3n) is 5.79. The van der Waals surface area contributed by atoms with Crippen LogP contribution in [0.4, 0.5) is 0 Å². The van der Waals surface area contributed by atoms with Gasteiger partial charge in [-0.2, -0.15) is 0 Å². The average molecular weight is 411 g/mol. The van der Waals surface area contributed by atoms with Crippen LogP contribution in [-0.2, 0) is 11.3 Å². The van der Waals surface area contributed by atoms with E-state index in [-0.39, 0.29) is 5.91 Å². The molecule has 2 aliphatic rings. The first-order chi connectivity index (χ1) is 14.5. The molecule has 0 spiro atoms. The molecule has 2 aliphatic heterocycles. The van der Waals surface area contributed by atoms with Crippen LogP contribution in [0.25, 0.3) is 0 Å². The molecule has 6 nitrogen and oxygen atoms in total. The number of ether oxygens (including phenoxy) is 3. The highest BCUT2D eigenvalue weighted by molar-refractivity contribution is 5.81. The fraction of sp³-hybridized carbons (Fsp3) is 0.458. The fourth-order valence-corrected chi connectivity index (χ4v) is 3.92. The monoisotopic (exact) mass is 410 g/mol. The number of benzene rings is 2. The van der Waals surface area contributed by atoms with E-state index in [1.165, 1.54) is 5.56 Å². The van der Waals surface area contributed by atoms with Crippen LogP contribution in [0.15, 0.2) is 36.4 Å². The van der Waals surface area contributed by atoms with E-state index in [0.29, 0.717) is 13.2 Å². The minimum atomic E-state index is -0.439. The normalized spacial score (nSPS) is 17.1. The molecule has 0 aromatic heterocycles. The van der Waals surface area contributed by atoms with E-state index in [1.807, 2.05) is 49.9 Å². The van der Waals surface area contributed by atoms with Crippen molar-refractivity contribution in [2.45, 2.75) is 39.8 Å². The number of rotatable bonds is 6. The topological polar surface area (TPSA) is 51.2 Å². The molecule has 4 rings (SSSR count). The van der Waals surface area contributed by atoms with E-state index in [2.05, 4.69) is 17.0 Å². The average Bonchev–Trinajstić information content (AvgIpc) is 3.22. The SMILES string of the molecule is CC[C@@H](Oc1cc(C)ccc1C)C(=O)N1CCN(Cc2ccc3c(c2)OCO3)CC1. The minimum Gasteiger partial charge on any atom is -0.480 e. The van der Waals surface area contributed by atoms with Crippen molar-refractivity contribution < 1.29 is 19.0 Å². The number of carbonyl (C=O) groups is 1. The molecule has 1 saturated heterocycles. The standard InChI is InChI=1S/C24H30N2O4/c1-4-20(30-22-13-17(2)5-6-18(22)3)24(27)26-11-9-25(10-12-26)15-19-7-8-21-23(14-19)29-16-28-21/h5-8,13-14,20H,4,9-12,15-16H2,1-3H3/t20-/m1/s1. The number of hydrogen-bond acceptors (Lipinski definition) is 5. The van der Waals surface area contributed by atoms with Gasteiger partial charge >= 0.3 is 0 Å². The van der Waals surface area contributed by atoms with Gasteiger partial charge in [-0.05, 0) is 55.2 Å². The summed E-state index contributed by atoms with van der Waals surface area (Å²) in [4.78, 5) is 17.4. The molecule has 0 radical (unpaired) electrons. The first-order valence-corrected chi connectivity index (χ1v) is 10.7. The molecule has 2 aromatic rings. The molecule has 6 heteroatoms. The third kappa shape index (κ3) is 4.54. The number of fused-ring (bicyclic) bond motifs is 1. The van der Waals surface area contributed by atoms with Gasteiger partial charge in [0.2, 0.25) is 6.79 Å². The molecule has 30 heavy (non-hydrogen) atoms. The number of hydrogen-bond donors (Lipinski definition) is 0. The van der Waals surface area contributed by atoms with Crippen LogP contribution in [0, 0.1) is 13.8 Å². The highest BCUT2D eigenvalue weighted by atomic mass is 16.7. The van der Waals surface area contributed by atoms with Crippen LogP contribution in [0.2, 0.25) is 0 Å². The Morgan fingerprint density at radius 2 is 1.80 bits per heavy atom. The van der Waals surface area contributed by atoms with Crippen molar-refractivity contribution in [3.05, 3.63) is 53.1 Å². The molecule has 1 amide bonds. The number of amides is 1. The summed E-state index contributed by atoms with van der Waals surface area (Å²) < 4.78 is 17.0. The van der Waals surface area contributed by atoms with Crippen LogP contribution >= 0.6 is 0 Å². The van der Waals surface area contributed by atoms with Crippen molar-refractivity contribution in [1.29, 1.82) is 0 Å². The molecule has 0 aliphatic carbocycles. The summed E-state index contributed by atoms with van der Waals surface area (Å²) in [5.41, 5.74) is 3.39. The van der Waals surface area contributed by atoms with Gasteiger partial charge in [0.15, 0.2) is 17.6 Å². The van der Waals surface area contributed by atoms with Crippen molar-refractivity contribution >= 4 is 5.91 Å². The Morgan fingerprint density at radius 3 is 2.57 bits per heavy atom. The maximum absolute atomic E-state index is 13.1. The lowest BCUT2D eigenvalue weighted by Gasteiger charge is -2.36. The molecule has 2 aromatic carbocycles. The molecular weight excluding hydrogens is 380 g/mol. The Bertz CT molecular complexity index is 906. The quantitative estimate of drug-likeness (QED) is 0.729. The first-order valence-electron chi connectivity index (χ1n) is 10.7. The summed E-state index contributed by atoms with van der Waals surface area (Å²) in [6, 6.07) is 12.2. The lowest BCUT2D eigenvalue weighted by molar-refractivity contribution is -0.140. The van der Waals surface area contributed by atoms with Gasteiger partial charge in [0.25, 0.3) is 5.91 Å². The molecule has 1 fully saturated rings.